The van der Waals surface area contributed by atoms with Gasteiger partial charge in [0.15, 0.2) is 0 Å². The van der Waals surface area contributed by atoms with E-state index in [4.69, 9.17) is 5.73 Å². The number of nitrogens with two attached hydrogens (primary N) is 1. The number of aromatic amines is 1. The minimum absolute atomic E-state index is 0.106. The quantitative estimate of drug-likeness (QED) is 0.911. The fourth-order valence-corrected chi connectivity index (χ4v) is 3.32. The van der Waals surface area contributed by atoms with Crippen LogP contribution in [0.2, 0.25) is 0 Å². The van der Waals surface area contributed by atoms with Crippen LogP contribution in [-0.2, 0) is 0 Å². The lowest BCUT2D eigenvalue weighted by Gasteiger charge is -2.35. The lowest BCUT2D eigenvalue weighted by Crippen LogP contribution is -2.44. The Bertz CT molecular complexity index is 593. The van der Waals surface area contributed by atoms with Gasteiger partial charge in [0.25, 0.3) is 5.91 Å². The zero-order chi connectivity index (χ0) is 14.8. The van der Waals surface area contributed by atoms with Gasteiger partial charge in [0.05, 0.1) is 0 Å². The highest BCUT2D eigenvalue weighted by Gasteiger charge is 2.27. The molecule has 1 aliphatic rings. The molecule has 1 aromatic carbocycles. The van der Waals surface area contributed by atoms with Crippen LogP contribution in [0.5, 0.6) is 0 Å². The third-order valence-corrected chi connectivity index (χ3v) is 4.54. The van der Waals surface area contributed by atoms with Crippen molar-refractivity contribution in [2.24, 2.45) is 5.73 Å². The van der Waals surface area contributed by atoms with Crippen molar-refractivity contribution in [2.75, 3.05) is 6.54 Å². The summed E-state index contributed by atoms with van der Waals surface area (Å²) in [5.41, 5.74) is 7.67. The van der Waals surface area contributed by atoms with Crippen molar-refractivity contribution < 1.29 is 4.79 Å². The van der Waals surface area contributed by atoms with E-state index in [-0.39, 0.29) is 5.91 Å². The molecular formula is C17H23N3O. The summed E-state index contributed by atoms with van der Waals surface area (Å²) < 4.78 is 0. The number of aromatic nitrogens is 1. The predicted octanol–water partition coefficient (Wildman–Crippen LogP) is 2.90. The Morgan fingerprint density at radius 1 is 1.29 bits per heavy atom. The van der Waals surface area contributed by atoms with Gasteiger partial charge in [-0.05, 0) is 44.7 Å². The summed E-state index contributed by atoms with van der Waals surface area (Å²) in [5.74, 6) is 0.106. The minimum atomic E-state index is 0.106. The van der Waals surface area contributed by atoms with Crippen molar-refractivity contribution in [3.63, 3.8) is 0 Å². The number of hydrogen-bond acceptors (Lipinski definition) is 2. The van der Waals surface area contributed by atoms with Gasteiger partial charge >= 0.3 is 0 Å². The number of rotatable bonds is 3. The highest BCUT2D eigenvalue weighted by Crippen LogP contribution is 2.24. The van der Waals surface area contributed by atoms with Gasteiger partial charge in [-0.25, -0.2) is 0 Å². The first-order valence-electron chi connectivity index (χ1n) is 7.83. The molecule has 1 aromatic heterocycles. The number of nitrogens with one attached hydrogen (secondary N) is 1. The van der Waals surface area contributed by atoms with Crippen molar-refractivity contribution in [1.82, 2.24) is 9.88 Å². The van der Waals surface area contributed by atoms with Crippen LogP contribution in [-0.4, -0.2) is 34.4 Å². The lowest BCUT2D eigenvalue weighted by atomic mass is 9.90. The van der Waals surface area contributed by atoms with Crippen molar-refractivity contribution in [1.29, 1.82) is 0 Å². The van der Waals surface area contributed by atoms with Crippen LogP contribution in [0.3, 0.4) is 0 Å². The van der Waals surface area contributed by atoms with Gasteiger partial charge < -0.3 is 15.6 Å². The Morgan fingerprint density at radius 3 is 2.67 bits per heavy atom. The molecule has 1 aliphatic carbocycles. The largest absolute Gasteiger partial charge is 0.351 e. The van der Waals surface area contributed by atoms with Crippen molar-refractivity contribution in [2.45, 2.75) is 44.7 Å². The average Bonchev–Trinajstić information content (AvgIpc) is 2.93. The van der Waals surface area contributed by atoms with Gasteiger partial charge in [0.2, 0.25) is 0 Å². The fraction of sp³-hybridized carbons (Fsp3) is 0.471. The third-order valence-electron chi connectivity index (χ3n) is 4.54. The molecule has 3 N–H and O–H groups in total. The van der Waals surface area contributed by atoms with Crippen LogP contribution in [0, 0.1) is 0 Å². The second-order valence-electron chi connectivity index (χ2n) is 5.93. The molecule has 0 spiro atoms. The first-order valence-corrected chi connectivity index (χ1v) is 7.83. The number of benzene rings is 1. The van der Waals surface area contributed by atoms with E-state index in [2.05, 4.69) is 11.9 Å². The molecule has 0 bridgehead atoms. The molecule has 1 amide bonds. The average molecular weight is 285 g/mol. The second-order valence-corrected chi connectivity index (χ2v) is 5.93. The first kappa shape index (κ1) is 14.1. The van der Waals surface area contributed by atoms with E-state index < -0.39 is 0 Å². The van der Waals surface area contributed by atoms with Crippen LogP contribution in [0.25, 0.3) is 10.9 Å². The fourth-order valence-electron chi connectivity index (χ4n) is 3.32. The van der Waals surface area contributed by atoms with E-state index in [1.165, 1.54) is 0 Å². The second kappa shape index (κ2) is 5.90. The van der Waals surface area contributed by atoms with E-state index >= 15 is 0 Å². The molecule has 0 atom stereocenters. The zero-order valence-electron chi connectivity index (χ0n) is 12.5. The van der Waals surface area contributed by atoms with Gasteiger partial charge in [-0.1, -0.05) is 18.2 Å². The van der Waals surface area contributed by atoms with Crippen LogP contribution in [0.4, 0.5) is 0 Å². The Labute approximate surface area is 125 Å². The smallest absolute Gasteiger partial charge is 0.270 e. The standard InChI is InChI=1S/C17H23N3O/c1-2-20(14-9-7-13(18)8-10-14)17(21)16-11-12-5-3-4-6-15(12)19-16/h3-6,11,13-14,19H,2,7-10,18H2,1H3. The normalized spacial score (nSPS) is 22.4. The minimum Gasteiger partial charge on any atom is -0.351 e. The Hall–Kier alpha value is -1.81. The topological polar surface area (TPSA) is 62.1 Å². The molecule has 4 nitrogen and oxygen atoms in total. The Kier molecular flexibility index (Phi) is 3.97. The first-order chi connectivity index (χ1) is 10.2. The summed E-state index contributed by atoms with van der Waals surface area (Å²) in [5, 5.41) is 1.09. The maximum Gasteiger partial charge on any atom is 0.270 e. The van der Waals surface area contributed by atoms with E-state index in [0.717, 1.165) is 43.1 Å². The highest BCUT2D eigenvalue weighted by atomic mass is 16.2. The molecule has 0 aliphatic heterocycles. The number of amides is 1. The van der Waals surface area contributed by atoms with Gasteiger partial charge in [0.1, 0.15) is 5.69 Å². The van der Waals surface area contributed by atoms with Gasteiger partial charge in [-0.3, -0.25) is 4.79 Å². The maximum absolute atomic E-state index is 12.8. The summed E-state index contributed by atoms with van der Waals surface area (Å²) in [4.78, 5) is 18.0. The zero-order valence-corrected chi connectivity index (χ0v) is 12.5. The molecule has 0 radical (unpaired) electrons. The summed E-state index contributed by atoms with van der Waals surface area (Å²) in [6.07, 6.45) is 4.06. The van der Waals surface area contributed by atoms with E-state index in [9.17, 15) is 4.79 Å². The number of para-hydroxylation sites is 1. The number of hydrogen-bond donors (Lipinski definition) is 2. The third kappa shape index (κ3) is 2.81. The van der Waals surface area contributed by atoms with Crippen LogP contribution < -0.4 is 5.73 Å². The van der Waals surface area contributed by atoms with Crippen molar-refractivity contribution >= 4 is 16.8 Å². The van der Waals surface area contributed by atoms with Crippen LogP contribution >= 0.6 is 0 Å². The highest BCUT2D eigenvalue weighted by molar-refractivity contribution is 5.98. The van der Waals surface area contributed by atoms with Crippen molar-refractivity contribution in [3.05, 3.63) is 36.0 Å². The summed E-state index contributed by atoms with van der Waals surface area (Å²) in [6, 6.07) is 10.6. The molecule has 4 heteroatoms. The monoisotopic (exact) mass is 285 g/mol. The number of H-pyrrole nitrogens is 1. The van der Waals surface area contributed by atoms with Crippen LogP contribution in [0.15, 0.2) is 30.3 Å². The summed E-state index contributed by atoms with van der Waals surface area (Å²) in [6.45, 7) is 2.79. The van der Waals surface area contributed by atoms with Gasteiger partial charge in [-0.2, -0.15) is 0 Å². The Morgan fingerprint density at radius 2 is 2.00 bits per heavy atom. The summed E-state index contributed by atoms with van der Waals surface area (Å²) in [7, 11) is 0. The molecule has 112 valence electrons. The Balaban J connectivity index is 1.81. The van der Waals surface area contributed by atoms with Crippen molar-refractivity contribution in [3.8, 4) is 0 Å². The van der Waals surface area contributed by atoms with E-state index in [1.54, 1.807) is 0 Å². The number of carbonyl (C=O) groups is 1. The molecule has 3 rings (SSSR count). The molecule has 21 heavy (non-hydrogen) atoms. The number of nitrogens with zero attached hydrogens (tertiary/aromatic N) is 1. The summed E-state index contributed by atoms with van der Waals surface area (Å²) >= 11 is 0. The van der Waals surface area contributed by atoms with E-state index in [1.807, 2.05) is 35.2 Å². The SMILES string of the molecule is CCN(C(=O)c1cc2ccccc2[nH]1)C1CCC(N)CC1. The molecule has 0 saturated heterocycles. The molecule has 1 fully saturated rings. The molecule has 2 aromatic rings. The van der Waals surface area contributed by atoms with Gasteiger partial charge in [-0.15, -0.1) is 0 Å². The van der Waals surface area contributed by atoms with E-state index in [0.29, 0.717) is 17.8 Å². The molecular weight excluding hydrogens is 262 g/mol. The number of carbonyl (C=O) groups excluding carboxylic acids is 1. The maximum atomic E-state index is 12.8. The van der Waals surface area contributed by atoms with Gasteiger partial charge in [0, 0.05) is 29.5 Å². The van der Waals surface area contributed by atoms with Crippen LogP contribution in [0.1, 0.15) is 43.1 Å². The number of fused-ring (bicyclic) bond motifs is 1. The molecule has 1 saturated carbocycles. The lowest BCUT2D eigenvalue weighted by molar-refractivity contribution is 0.0635. The molecule has 1 heterocycles. The molecule has 0 unspecified atom stereocenters. The predicted molar refractivity (Wildman–Crippen MR) is 85.2 cm³/mol.